The van der Waals surface area contributed by atoms with Gasteiger partial charge in [-0.3, -0.25) is 0 Å². The number of thiophene rings is 1. The van der Waals surface area contributed by atoms with Gasteiger partial charge in [-0.15, -0.1) is 11.3 Å². The SMILES string of the molecule is CC(C)C1CCN(S(=O)(=O)c2cc(C(=O)O)cs2)CC1. The summed E-state index contributed by atoms with van der Waals surface area (Å²) >= 11 is 0.975. The molecule has 1 aromatic heterocycles. The largest absolute Gasteiger partial charge is 0.478 e. The van der Waals surface area contributed by atoms with E-state index in [2.05, 4.69) is 13.8 Å². The van der Waals surface area contributed by atoms with E-state index in [-0.39, 0.29) is 9.77 Å². The van der Waals surface area contributed by atoms with Gasteiger partial charge in [-0.1, -0.05) is 13.8 Å². The zero-order valence-electron chi connectivity index (χ0n) is 11.6. The molecular weight excluding hydrogens is 298 g/mol. The van der Waals surface area contributed by atoms with Crippen LogP contribution in [-0.2, 0) is 10.0 Å². The molecule has 7 heteroatoms. The minimum Gasteiger partial charge on any atom is -0.478 e. The van der Waals surface area contributed by atoms with Gasteiger partial charge in [-0.05, 0) is 30.7 Å². The Kier molecular flexibility index (Phi) is 4.51. The van der Waals surface area contributed by atoms with Crippen molar-refractivity contribution < 1.29 is 18.3 Å². The van der Waals surface area contributed by atoms with Gasteiger partial charge < -0.3 is 5.11 Å². The van der Waals surface area contributed by atoms with Crippen LogP contribution in [0.15, 0.2) is 15.7 Å². The molecule has 1 saturated heterocycles. The van der Waals surface area contributed by atoms with Gasteiger partial charge in [0.15, 0.2) is 0 Å². The highest BCUT2D eigenvalue weighted by Crippen LogP contribution is 2.30. The van der Waals surface area contributed by atoms with E-state index < -0.39 is 16.0 Å². The quantitative estimate of drug-likeness (QED) is 0.926. The fourth-order valence-electron chi connectivity index (χ4n) is 2.47. The van der Waals surface area contributed by atoms with Crippen LogP contribution < -0.4 is 0 Å². The molecule has 0 bridgehead atoms. The summed E-state index contributed by atoms with van der Waals surface area (Å²) in [4.78, 5) is 10.8. The predicted molar refractivity (Wildman–Crippen MR) is 77.6 cm³/mol. The maximum absolute atomic E-state index is 12.4. The molecule has 0 radical (unpaired) electrons. The second kappa shape index (κ2) is 5.83. The first-order chi connectivity index (χ1) is 9.32. The Bertz CT molecular complexity index is 583. The Morgan fingerprint density at radius 2 is 2.00 bits per heavy atom. The third kappa shape index (κ3) is 3.05. The monoisotopic (exact) mass is 317 g/mol. The summed E-state index contributed by atoms with van der Waals surface area (Å²) in [6.07, 6.45) is 1.74. The van der Waals surface area contributed by atoms with Gasteiger partial charge in [0.1, 0.15) is 4.21 Å². The van der Waals surface area contributed by atoms with Crippen LogP contribution >= 0.6 is 11.3 Å². The van der Waals surface area contributed by atoms with E-state index in [0.717, 1.165) is 24.2 Å². The van der Waals surface area contributed by atoms with Crippen molar-refractivity contribution in [1.82, 2.24) is 4.31 Å². The van der Waals surface area contributed by atoms with E-state index >= 15 is 0 Å². The first-order valence-electron chi connectivity index (χ1n) is 6.64. The van der Waals surface area contributed by atoms with Gasteiger partial charge in [-0.2, -0.15) is 4.31 Å². The first kappa shape index (κ1) is 15.5. The number of rotatable bonds is 4. The number of piperidine rings is 1. The van der Waals surface area contributed by atoms with Gasteiger partial charge in [0.25, 0.3) is 10.0 Å². The fourth-order valence-corrected chi connectivity index (χ4v) is 5.25. The number of aromatic carboxylic acids is 1. The summed E-state index contributed by atoms with van der Waals surface area (Å²) in [6.45, 7) is 5.36. The van der Waals surface area contributed by atoms with E-state index in [0.29, 0.717) is 24.9 Å². The lowest BCUT2D eigenvalue weighted by molar-refractivity contribution is 0.0697. The standard InChI is InChI=1S/C13H19NO4S2/c1-9(2)10-3-5-14(6-4-10)20(17,18)12-7-11(8-19-12)13(15)16/h7-10H,3-6H2,1-2H3,(H,15,16). The van der Waals surface area contributed by atoms with Crippen molar-refractivity contribution in [2.45, 2.75) is 30.9 Å². The molecule has 0 aliphatic carbocycles. The maximum Gasteiger partial charge on any atom is 0.336 e. The average Bonchev–Trinajstić information content (AvgIpc) is 2.89. The number of nitrogens with zero attached hydrogens (tertiary/aromatic N) is 1. The van der Waals surface area contributed by atoms with Crippen molar-refractivity contribution in [3.05, 3.63) is 17.0 Å². The van der Waals surface area contributed by atoms with Crippen molar-refractivity contribution in [3.8, 4) is 0 Å². The Balaban J connectivity index is 2.13. The van der Waals surface area contributed by atoms with Crippen LogP contribution in [0.2, 0.25) is 0 Å². The molecule has 0 atom stereocenters. The summed E-state index contributed by atoms with van der Waals surface area (Å²) in [5, 5.41) is 10.2. The maximum atomic E-state index is 12.4. The van der Waals surface area contributed by atoms with Crippen LogP contribution in [0.5, 0.6) is 0 Å². The summed E-state index contributed by atoms with van der Waals surface area (Å²) in [7, 11) is -3.54. The summed E-state index contributed by atoms with van der Waals surface area (Å²) < 4.78 is 26.5. The first-order valence-corrected chi connectivity index (χ1v) is 8.96. The molecule has 1 aliphatic rings. The van der Waals surface area contributed by atoms with Gasteiger partial charge in [0.05, 0.1) is 5.56 Å². The molecule has 0 saturated carbocycles. The normalized spacial score (nSPS) is 18.6. The molecule has 1 aliphatic heterocycles. The Morgan fingerprint density at radius 1 is 1.40 bits per heavy atom. The highest BCUT2D eigenvalue weighted by atomic mass is 32.2. The Morgan fingerprint density at radius 3 is 2.45 bits per heavy atom. The molecule has 1 fully saturated rings. The minimum absolute atomic E-state index is 0.0330. The third-order valence-electron chi connectivity index (χ3n) is 3.86. The number of carboxylic acids is 1. The van der Waals surface area contributed by atoms with Gasteiger partial charge in [-0.25, -0.2) is 13.2 Å². The van der Waals surface area contributed by atoms with Crippen LogP contribution in [-0.4, -0.2) is 36.9 Å². The van der Waals surface area contributed by atoms with Crippen molar-refractivity contribution in [2.24, 2.45) is 11.8 Å². The zero-order valence-corrected chi connectivity index (χ0v) is 13.2. The Labute approximate surface area is 123 Å². The molecule has 0 amide bonds. The van der Waals surface area contributed by atoms with Crippen LogP contribution in [0.3, 0.4) is 0 Å². The average molecular weight is 317 g/mol. The van der Waals surface area contributed by atoms with Crippen LogP contribution in [0.25, 0.3) is 0 Å². The van der Waals surface area contributed by atoms with Crippen molar-refractivity contribution in [1.29, 1.82) is 0 Å². The van der Waals surface area contributed by atoms with E-state index in [1.54, 1.807) is 0 Å². The third-order valence-corrected chi connectivity index (χ3v) is 7.17. The van der Waals surface area contributed by atoms with Crippen molar-refractivity contribution in [3.63, 3.8) is 0 Å². The zero-order chi connectivity index (χ0) is 14.9. The molecule has 20 heavy (non-hydrogen) atoms. The summed E-state index contributed by atoms with van der Waals surface area (Å²) in [5.74, 6) is 0.0424. The van der Waals surface area contributed by atoms with Gasteiger partial charge >= 0.3 is 5.97 Å². The number of carboxylic acid groups (broad SMARTS) is 1. The number of hydrogen-bond acceptors (Lipinski definition) is 4. The van der Waals surface area contributed by atoms with Gasteiger partial charge in [0, 0.05) is 18.5 Å². The van der Waals surface area contributed by atoms with E-state index in [4.69, 9.17) is 5.11 Å². The van der Waals surface area contributed by atoms with Crippen molar-refractivity contribution >= 4 is 27.3 Å². The molecule has 0 spiro atoms. The minimum atomic E-state index is -3.54. The highest BCUT2D eigenvalue weighted by molar-refractivity contribution is 7.91. The molecule has 2 heterocycles. The lowest BCUT2D eigenvalue weighted by atomic mass is 9.87. The molecule has 2 rings (SSSR count). The van der Waals surface area contributed by atoms with Crippen LogP contribution in [0.1, 0.15) is 37.0 Å². The lowest BCUT2D eigenvalue weighted by Crippen LogP contribution is -2.39. The molecule has 0 unspecified atom stereocenters. The number of sulfonamides is 1. The highest BCUT2D eigenvalue weighted by Gasteiger charge is 2.31. The van der Waals surface area contributed by atoms with Crippen LogP contribution in [0, 0.1) is 11.8 Å². The predicted octanol–water partition coefficient (Wildman–Crippen LogP) is 2.50. The second-order valence-corrected chi connectivity index (χ2v) is 8.52. The second-order valence-electron chi connectivity index (χ2n) is 5.45. The topological polar surface area (TPSA) is 74.7 Å². The lowest BCUT2D eigenvalue weighted by Gasteiger charge is -2.32. The molecule has 1 N–H and O–H groups in total. The summed E-state index contributed by atoms with van der Waals surface area (Å²) in [6, 6.07) is 1.25. The van der Waals surface area contributed by atoms with Crippen LogP contribution in [0.4, 0.5) is 0 Å². The smallest absolute Gasteiger partial charge is 0.336 e. The molecule has 1 aromatic rings. The molecular formula is C13H19NO4S2. The number of hydrogen-bond donors (Lipinski definition) is 1. The molecule has 0 aromatic carbocycles. The molecule has 112 valence electrons. The number of carbonyl (C=O) groups is 1. The molecule has 5 nitrogen and oxygen atoms in total. The summed E-state index contributed by atoms with van der Waals surface area (Å²) in [5.41, 5.74) is 0.0330. The fraction of sp³-hybridized carbons (Fsp3) is 0.615. The van der Waals surface area contributed by atoms with Gasteiger partial charge in [0.2, 0.25) is 0 Å². The van der Waals surface area contributed by atoms with Crippen molar-refractivity contribution in [2.75, 3.05) is 13.1 Å². The Hall–Kier alpha value is -0.920. The van der Waals surface area contributed by atoms with E-state index in [1.165, 1.54) is 15.8 Å². The van der Waals surface area contributed by atoms with E-state index in [9.17, 15) is 13.2 Å². The van der Waals surface area contributed by atoms with E-state index in [1.807, 2.05) is 0 Å².